The van der Waals surface area contributed by atoms with E-state index in [1.165, 1.54) is 12.4 Å². The summed E-state index contributed by atoms with van der Waals surface area (Å²) < 4.78 is 37.6. The van der Waals surface area contributed by atoms with Crippen LogP contribution in [0.25, 0.3) is 0 Å². The highest BCUT2D eigenvalue weighted by atomic mass is 19.4. The minimum absolute atomic E-state index is 0.334. The van der Waals surface area contributed by atoms with Gasteiger partial charge >= 0.3 is 12.1 Å². The van der Waals surface area contributed by atoms with E-state index in [2.05, 4.69) is 0 Å². The van der Waals surface area contributed by atoms with Gasteiger partial charge < -0.3 is 15.3 Å². The predicted octanol–water partition coefficient (Wildman–Crippen LogP) is -0.0135. The van der Waals surface area contributed by atoms with Crippen molar-refractivity contribution in [3.05, 3.63) is 0 Å². The Morgan fingerprint density at radius 1 is 1.28 bits per heavy atom. The van der Waals surface area contributed by atoms with E-state index in [0.29, 0.717) is 6.92 Å². The van der Waals surface area contributed by atoms with E-state index in [4.69, 9.17) is 5.11 Å². The van der Waals surface area contributed by atoms with Crippen LogP contribution in [-0.4, -0.2) is 53.1 Å². The maximum absolute atomic E-state index is 12.5. The maximum atomic E-state index is 12.5. The Morgan fingerprint density at radius 2 is 1.72 bits per heavy atom. The number of nitrogens with one attached hydrogen (secondary N) is 1. The van der Waals surface area contributed by atoms with Gasteiger partial charge in [-0.25, -0.2) is 4.79 Å². The number of alkyl halides is 3. The molecule has 0 saturated carbocycles. The number of aliphatic carboxylic acids is 1. The molecule has 1 atom stereocenters. The first-order valence-electron chi connectivity index (χ1n) is 4.74. The lowest BCUT2D eigenvalue weighted by atomic mass is 10.0. The Kier molecular flexibility index (Phi) is 4.71. The van der Waals surface area contributed by atoms with Crippen molar-refractivity contribution in [3.63, 3.8) is 0 Å². The highest BCUT2D eigenvalue weighted by Crippen LogP contribution is 2.30. The smallest absolute Gasteiger partial charge is 0.422 e. The molecule has 0 aromatic heterocycles. The van der Waals surface area contributed by atoms with Crippen LogP contribution in [0.1, 0.15) is 13.8 Å². The molecule has 9 heteroatoms. The Morgan fingerprint density at radius 3 is 2.00 bits per heavy atom. The van der Waals surface area contributed by atoms with Crippen molar-refractivity contribution in [2.45, 2.75) is 25.6 Å². The normalized spacial score (nSPS) is 14.6. The van der Waals surface area contributed by atoms with Crippen LogP contribution in [0.15, 0.2) is 0 Å². The molecule has 2 N–H and O–H groups in total. The first-order chi connectivity index (χ1) is 7.91. The number of amides is 2. The van der Waals surface area contributed by atoms with Crippen LogP contribution in [0, 0.1) is 0 Å². The van der Waals surface area contributed by atoms with Crippen LogP contribution in [0.2, 0.25) is 0 Å². The van der Waals surface area contributed by atoms with Crippen molar-refractivity contribution < 1.29 is 32.7 Å². The molecule has 6 nitrogen and oxygen atoms in total. The first kappa shape index (κ1) is 16.2. The van der Waals surface area contributed by atoms with Crippen LogP contribution in [-0.2, 0) is 14.4 Å². The topological polar surface area (TPSA) is 86.7 Å². The largest absolute Gasteiger partial charge is 0.479 e. The molecule has 0 bridgehead atoms. The summed E-state index contributed by atoms with van der Waals surface area (Å²) in [5.41, 5.74) is -3.39. The highest BCUT2D eigenvalue weighted by Gasteiger charge is 2.58. The summed E-state index contributed by atoms with van der Waals surface area (Å²) >= 11 is 0. The molecule has 0 aromatic rings. The lowest BCUT2D eigenvalue weighted by Crippen LogP contribution is -2.63. The van der Waals surface area contributed by atoms with Gasteiger partial charge in [0, 0.05) is 14.0 Å². The van der Waals surface area contributed by atoms with Crippen molar-refractivity contribution in [1.82, 2.24) is 10.2 Å². The molecule has 2 amide bonds. The Balaban J connectivity index is 4.89. The fourth-order valence-corrected chi connectivity index (χ4v) is 0.891. The number of carbonyl (C=O) groups excluding carboxylic acids is 2. The zero-order valence-corrected chi connectivity index (χ0v) is 9.96. The van der Waals surface area contributed by atoms with Gasteiger partial charge in [-0.05, 0) is 6.92 Å². The number of rotatable bonds is 4. The van der Waals surface area contributed by atoms with Gasteiger partial charge in [0.1, 0.15) is 0 Å². The SMILES string of the molecule is CC(=O)N(C)CC(=O)NC(C)(C(=O)O)C(F)(F)F. The van der Waals surface area contributed by atoms with E-state index < -0.39 is 36.0 Å². The van der Waals surface area contributed by atoms with E-state index >= 15 is 0 Å². The number of carboxylic acids is 1. The average molecular weight is 270 g/mol. The Bertz CT molecular complexity index is 369. The molecule has 0 aromatic carbocycles. The maximum Gasteiger partial charge on any atom is 0.422 e. The van der Waals surface area contributed by atoms with Crippen molar-refractivity contribution in [2.75, 3.05) is 13.6 Å². The molecule has 0 radical (unpaired) electrons. The summed E-state index contributed by atoms with van der Waals surface area (Å²) in [6.07, 6.45) is -5.15. The Labute approximate surface area is 101 Å². The summed E-state index contributed by atoms with van der Waals surface area (Å²) in [7, 11) is 1.20. The highest BCUT2D eigenvalue weighted by molar-refractivity contribution is 5.90. The standard InChI is InChI=1S/C9H13F3N2O4/c1-5(15)14(3)4-6(16)13-8(2,7(17)18)9(10,11)12/h4H2,1-3H3,(H,13,16)(H,17,18). The van der Waals surface area contributed by atoms with E-state index in [-0.39, 0.29) is 0 Å². The van der Waals surface area contributed by atoms with E-state index in [1.54, 1.807) is 0 Å². The predicted molar refractivity (Wildman–Crippen MR) is 53.5 cm³/mol. The van der Waals surface area contributed by atoms with Gasteiger partial charge in [0.15, 0.2) is 0 Å². The third kappa shape index (κ3) is 3.60. The number of nitrogens with zero attached hydrogens (tertiary/aromatic N) is 1. The second-order valence-electron chi connectivity index (χ2n) is 3.85. The van der Waals surface area contributed by atoms with Crippen LogP contribution in [0.4, 0.5) is 13.2 Å². The first-order valence-corrected chi connectivity index (χ1v) is 4.74. The molecule has 0 spiro atoms. The summed E-state index contributed by atoms with van der Waals surface area (Å²) in [6, 6.07) is 0. The molecule has 18 heavy (non-hydrogen) atoms. The summed E-state index contributed by atoms with van der Waals surface area (Å²) in [4.78, 5) is 33.5. The number of hydrogen-bond acceptors (Lipinski definition) is 3. The van der Waals surface area contributed by atoms with Crippen LogP contribution in [0.5, 0.6) is 0 Å². The molecule has 1 unspecified atom stereocenters. The number of carbonyl (C=O) groups is 3. The van der Waals surface area contributed by atoms with Crippen molar-refractivity contribution in [3.8, 4) is 0 Å². The quantitative estimate of drug-likeness (QED) is 0.752. The van der Waals surface area contributed by atoms with Gasteiger partial charge in [-0.3, -0.25) is 9.59 Å². The fraction of sp³-hybridized carbons (Fsp3) is 0.667. The zero-order valence-electron chi connectivity index (χ0n) is 9.96. The van der Waals surface area contributed by atoms with Gasteiger partial charge in [-0.1, -0.05) is 0 Å². The number of likely N-dealkylation sites (N-methyl/N-ethyl adjacent to an activating group) is 1. The fourth-order valence-electron chi connectivity index (χ4n) is 0.891. The monoisotopic (exact) mass is 270 g/mol. The molecular formula is C9H13F3N2O4. The van der Waals surface area contributed by atoms with Crippen molar-refractivity contribution >= 4 is 17.8 Å². The molecular weight excluding hydrogens is 257 g/mol. The lowest BCUT2D eigenvalue weighted by molar-refractivity contribution is -0.207. The molecule has 104 valence electrons. The summed E-state index contributed by atoms with van der Waals surface area (Å²) in [5, 5.41) is 9.91. The summed E-state index contributed by atoms with van der Waals surface area (Å²) in [5.74, 6) is -3.97. The molecule has 0 saturated heterocycles. The molecule has 0 rings (SSSR count). The second kappa shape index (κ2) is 5.23. The van der Waals surface area contributed by atoms with Gasteiger partial charge in [0.2, 0.25) is 17.4 Å². The Hall–Kier alpha value is -1.80. The molecule has 0 aliphatic carbocycles. The van der Waals surface area contributed by atoms with Crippen molar-refractivity contribution in [1.29, 1.82) is 0 Å². The number of halogens is 3. The number of hydrogen-bond donors (Lipinski definition) is 2. The van der Waals surface area contributed by atoms with Crippen LogP contribution < -0.4 is 5.32 Å². The third-order valence-corrected chi connectivity index (χ3v) is 2.30. The minimum atomic E-state index is -5.15. The van der Waals surface area contributed by atoms with Gasteiger partial charge in [-0.2, -0.15) is 13.2 Å². The third-order valence-electron chi connectivity index (χ3n) is 2.30. The minimum Gasteiger partial charge on any atom is -0.479 e. The molecule has 0 fully saturated rings. The van der Waals surface area contributed by atoms with E-state index in [9.17, 15) is 27.6 Å². The second-order valence-corrected chi connectivity index (χ2v) is 3.85. The summed E-state index contributed by atoms with van der Waals surface area (Å²) in [6.45, 7) is 0.794. The lowest BCUT2D eigenvalue weighted by Gasteiger charge is -2.29. The van der Waals surface area contributed by atoms with Crippen LogP contribution >= 0.6 is 0 Å². The van der Waals surface area contributed by atoms with Gasteiger partial charge in [0.25, 0.3) is 0 Å². The van der Waals surface area contributed by atoms with Crippen LogP contribution in [0.3, 0.4) is 0 Å². The zero-order chi connectivity index (χ0) is 14.7. The van der Waals surface area contributed by atoms with E-state index in [1.807, 2.05) is 0 Å². The molecule has 0 heterocycles. The molecule has 0 aliphatic heterocycles. The number of carboxylic acid groups (broad SMARTS) is 1. The van der Waals surface area contributed by atoms with E-state index in [0.717, 1.165) is 11.8 Å². The van der Waals surface area contributed by atoms with Gasteiger partial charge in [-0.15, -0.1) is 0 Å². The molecule has 0 aliphatic rings. The van der Waals surface area contributed by atoms with Crippen molar-refractivity contribution in [2.24, 2.45) is 0 Å². The average Bonchev–Trinajstić information content (AvgIpc) is 2.14. The van der Waals surface area contributed by atoms with Gasteiger partial charge in [0.05, 0.1) is 6.54 Å².